The maximum absolute atomic E-state index is 12.3. The molecule has 140 valence electrons. The average molecular weight is 381 g/mol. The zero-order valence-electron chi connectivity index (χ0n) is 14.6. The molecule has 0 atom stereocenters. The molecule has 2 aromatic rings. The van der Waals surface area contributed by atoms with E-state index in [4.69, 9.17) is 25.5 Å². The standard InChI is InChI=1S/C18H21ClN2O5/c1-3-8-26-16-13(19)10-12(11-15(16)24-2)17(22)20-6-7-21-18(23)14-5-4-9-25-14/h4-5,9-11H,3,6-8H2,1-2H3,(H,20,22)(H,21,23). The van der Waals surface area contributed by atoms with Crippen LogP contribution in [0.25, 0.3) is 0 Å². The van der Waals surface area contributed by atoms with Crippen LogP contribution in [0.15, 0.2) is 34.9 Å². The first kappa shape index (κ1) is 19.7. The zero-order chi connectivity index (χ0) is 18.9. The predicted octanol–water partition coefficient (Wildman–Crippen LogP) is 2.89. The minimum Gasteiger partial charge on any atom is -0.493 e. The number of furan rings is 1. The van der Waals surface area contributed by atoms with E-state index in [2.05, 4.69) is 10.6 Å². The fourth-order valence-corrected chi connectivity index (χ4v) is 2.41. The number of rotatable bonds is 9. The van der Waals surface area contributed by atoms with Gasteiger partial charge in [-0.25, -0.2) is 0 Å². The van der Waals surface area contributed by atoms with E-state index < -0.39 is 0 Å². The highest BCUT2D eigenvalue weighted by Gasteiger charge is 2.16. The number of methoxy groups -OCH3 is 1. The van der Waals surface area contributed by atoms with Gasteiger partial charge in [0.2, 0.25) is 0 Å². The summed E-state index contributed by atoms with van der Waals surface area (Å²) in [7, 11) is 1.48. The van der Waals surface area contributed by atoms with Crippen molar-refractivity contribution in [1.82, 2.24) is 10.6 Å². The van der Waals surface area contributed by atoms with Gasteiger partial charge in [0.15, 0.2) is 17.3 Å². The van der Waals surface area contributed by atoms with Crippen LogP contribution in [0.1, 0.15) is 34.3 Å². The Hall–Kier alpha value is -2.67. The number of hydrogen-bond acceptors (Lipinski definition) is 5. The third kappa shape index (κ3) is 5.16. The molecule has 0 spiro atoms. The van der Waals surface area contributed by atoms with Gasteiger partial charge in [-0.15, -0.1) is 0 Å². The van der Waals surface area contributed by atoms with E-state index >= 15 is 0 Å². The van der Waals surface area contributed by atoms with Crippen LogP contribution in [0.4, 0.5) is 0 Å². The normalized spacial score (nSPS) is 10.3. The fraction of sp³-hybridized carbons (Fsp3) is 0.333. The van der Waals surface area contributed by atoms with Crippen molar-refractivity contribution in [2.75, 3.05) is 26.8 Å². The molecule has 8 heteroatoms. The Morgan fingerprint density at radius 3 is 2.54 bits per heavy atom. The molecule has 26 heavy (non-hydrogen) atoms. The van der Waals surface area contributed by atoms with E-state index in [1.807, 2.05) is 6.92 Å². The molecule has 2 N–H and O–H groups in total. The predicted molar refractivity (Wildman–Crippen MR) is 97.2 cm³/mol. The molecule has 0 saturated heterocycles. The molecular weight excluding hydrogens is 360 g/mol. The van der Waals surface area contributed by atoms with Crippen molar-refractivity contribution in [2.24, 2.45) is 0 Å². The summed E-state index contributed by atoms with van der Waals surface area (Å²) in [6.07, 6.45) is 2.24. The highest BCUT2D eigenvalue weighted by atomic mass is 35.5. The van der Waals surface area contributed by atoms with Crippen LogP contribution in [0.3, 0.4) is 0 Å². The Balaban J connectivity index is 1.90. The lowest BCUT2D eigenvalue weighted by Crippen LogP contribution is -2.34. The largest absolute Gasteiger partial charge is 0.493 e. The van der Waals surface area contributed by atoms with Crippen LogP contribution < -0.4 is 20.1 Å². The van der Waals surface area contributed by atoms with Gasteiger partial charge in [-0.2, -0.15) is 0 Å². The Morgan fingerprint density at radius 1 is 1.19 bits per heavy atom. The summed E-state index contributed by atoms with van der Waals surface area (Å²) in [6, 6.07) is 6.27. The molecular formula is C18H21ClN2O5. The van der Waals surface area contributed by atoms with Crippen molar-refractivity contribution >= 4 is 23.4 Å². The maximum atomic E-state index is 12.3. The van der Waals surface area contributed by atoms with Crippen molar-refractivity contribution in [3.63, 3.8) is 0 Å². The summed E-state index contributed by atoms with van der Waals surface area (Å²) >= 11 is 6.20. The van der Waals surface area contributed by atoms with Gasteiger partial charge < -0.3 is 24.5 Å². The summed E-state index contributed by atoms with van der Waals surface area (Å²) in [4.78, 5) is 24.0. The van der Waals surface area contributed by atoms with Crippen molar-refractivity contribution in [3.05, 3.63) is 46.9 Å². The highest BCUT2D eigenvalue weighted by Crippen LogP contribution is 2.36. The fourth-order valence-electron chi connectivity index (χ4n) is 2.14. The van der Waals surface area contributed by atoms with E-state index in [0.29, 0.717) is 28.7 Å². The molecule has 0 radical (unpaired) electrons. The van der Waals surface area contributed by atoms with Gasteiger partial charge in [-0.1, -0.05) is 18.5 Å². The minimum absolute atomic E-state index is 0.218. The first-order valence-corrected chi connectivity index (χ1v) is 8.54. The van der Waals surface area contributed by atoms with Gasteiger partial charge in [-0.05, 0) is 30.7 Å². The van der Waals surface area contributed by atoms with Gasteiger partial charge in [-0.3, -0.25) is 9.59 Å². The minimum atomic E-state index is -0.341. The van der Waals surface area contributed by atoms with E-state index in [0.717, 1.165) is 6.42 Å². The van der Waals surface area contributed by atoms with Gasteiger partial charge in [0.1, 0.15) is 0 Å². The lowest BCUT2D eigenvalue weighted by atomic mass is 10.2. The first-order chi connectivity index (χ1) is 12.6. The van der Waals surface area contributed by atoms with Crippen molar-refractivity contribution in [3.8, 4) is 11.5 Å². The SMILES string of the molecule is CCCOc1c(Cl)cc(C(=O)NCCNC(=O)c2ccco2)cc1OC. The Bertz CT molecular complexity index is 746. The highest BCUT2D eigenvalue weighted by molar-refractivity contribution is 6.32. The molecule has 1 aromatic heterocycles. The second-order valence-electron chi connectivity index (χ2n) is 5.33. The lowest BCUT2D eigenvalue weighted by Gasteiger charge is -2.14. The number of hydrogen-bond donors (Lipinski definition) is 2. The third-order valence-corrected chi connectivity index (χ3v) is 3.66. The molecule has 0 unspecified atom stereocenters. The molecule has 0 aliphatic heterocycles. The number of amides is 2. The Morgan fingerprint density at radius 2 is 1.92 bits per heavy atom. The summed E-state index contributed by atoms with van der Waals surface area (Å²) in [5.74, 6) is 0.349. The van der Waals surface area contributed by atoms with E-state index in [1.54, 1.807) is 18.2 Å². The molecule has 0 aliphatic rings. The van der Waals surface area contributed by atoms with E-state index in [1.165, 1.54) is 19.4 Å². The Kier molecular flexibility index (Phi) is 7.35. The first-order valence-electron chi connectivity index (χ1n) is 8.17. The number of benzene rings is 1. The summed E-state index contributed by atoms with van der Waals surface area (Å²) in [6.45, 7) is 2.98. The summed E-state index contributed by atoms with van der Waals surface area (Å²) < 4.78 is 15.8. The van der Waals surface area contributed by atoms with E-state index in [-0.39, 0.29) is 30.7 Å². The molecule has 1 aromatic carbocycles. The smallest absolute Gasteiger partial charge is 0.287 e. The van der Waals surface area contributed by atoms with Crippen LogP contribution in [0.5, 0.6) is 11.5 Å². The van der Waals surface area contributed by atoms with Crippen molar-refractivity contribution < 1.29 is 23.5 Å². The quantitative estimate of drug-likeness (QED) is 0.653. The molecule has 1 heterocycles. The molecule has 0 aliphatic carbocycles. The molecule has 7 nitrogen and oxygen atoms in total. The summed E-state index contributed by atoms with van der Waals surface area (Å²) in [5, 5.41) is 5.64. The number of ether oxygens (including phenoxy) is 2. The van der Waals surface area contributed by atoms with Gasteiger partial charge >= 0.3 is 0 Å². The maximum Gasteiger partial charge on any atom is 0.287 e. The lowest BCUT2D eigenvalue weighted by molar-refractivity contribution is 0.0910. The van der Waals surface area contributed by atoms with Crippen molar-refractivity contribution in [2.45, 2.75) is 13.3 Å². The van der Waals surface area contributed by atoms with Crippen LogP contribution in [0.2, 0.25) is 5.02 Å². The van der Waals surface area contributed by atoms with Crippen LogP contribution in [-0.2, 0) is 0 Å². The zero-order valence-corrected chi connectivity index (χ0v) is 15.4. The molecule has 0 fully saturated rings. The topological polar surface area (TPSA) is 89.8 Å². The van der Waals surface area contributed by atoms with E-state index in [9.17, 15) is 9.59 Å². The van der Waals surface area contributed by atoms with Gasteiger partial charge in [0.25, 0.3) is 11.8 Å². The van der Waals surface area contributed by atoms with Crippen LogP contribution in [-0.4, -0.2) is 38.6 Å². The number of carbonyl (C=O) groups is 2. The van der Waals surface area contributed by atoms with Crippen LogP contribution >= 0.6 is 11.6 Å². The number of halogens is 1. The monoisotopic (exact) mass is 380 g/mol. The average Bonchev–Trinajstić information content (AvgIpc) is 3.18. The number of nitrogens with one attached hydrogen (secondary N) is 2. The van der Waals surface area contributed by atoms with Gasteiger partial charge in [0, 0.05) is 18.7 Å². The molecule has 0 saturated carbocycles. The molecule has 2 amide bonds. The second-order valence-corrected chi connectivity index (χ2v) is 5.73. The molecule has 0 bridgehead atoms. The van der Waals surface area contributed by atoms with Crippen molar-refractivity contribution in [1.29, 1.82) is 0 Å². The number of carbonyl (C=O) groups excluding carboxylic acids is 2. The third-order valence-electron chi connectivity index (χ3n) is 3.38. The summed E-state index contributed by atoms with van der Waals surface area (Å²) in [5.41, 5.74) is 0.341. The second kappa shape index (κ2) is 9.72. The van der Waals surface area contributed by atoms with Gasteiger partial charge in [0.05, 0.1) is 25.0 Å². The molecule has 2 rings (SSSR count). The Labute approximate surface area is 156 Å². The van der Waals surface area contributed by atoms with Crippen LogP contribution in [0, 0.1) is 0 Å².